The van der Waals surface area contributed by atoms with E-state index in [1.807, 2.05) is 0 Å². The monoisotopic (exact) mass is 339 g/mol. The number of benzene rings is 1. The summed E-state index contributed by atoms with van der Waals surface area (Å²) in [4.78, 5) is 14.3. The highest BCUT2D eigenvalue weighted by Crippen LogP contribution is 2.27. The van der Waals surface area contributed by atoms with Gasteiger partial charge in [-0.15, -0.1) is 0 Å². The average molecular weight is 339 g/mol. The SMILES string of the molecule is CO[C@H](C[C@H](CCN1CCNCC1)C(=O)NO)c1ccc(F)cc1. The standard InChI is InChI=1S/C17H26FN3O3/c1-24-16(13-2-4-15(18)5-3-13)12-14(17(22)20-23)6-9-21-10-7-19-8-11-21/h2-5,14,16,19,23H,6-12H2,1H3,(H,20,22)/t14-,16+/m0/s1. The zero-order valence-electron chi connectivity index (χ0n) is 14.0. The smallest absolute Gasteiger partial charge is 0.246 e. The number of halogens is 1. The van der Waals surface area contributed by atoms with Crippen molar-refractivity contribution >= 4 is 5.91 Å². The highest BCUT2D eigenvalue weighted by atomic mass is 19.1. The molecular weight excluding hydrogens is 313 g/mol. The molecule has 1 aromatic rings. The number of amides is 1. The topological polar surface area (TPSA) is 73.8 Å². The van der Waals surface area contributed by atoms with Crippen LogP contribution in [0.25, 0.3) is 0 Å². The van der Waals surface area contributed by atoms with Gasteiger partial charge in [0.1, 0.15) is 5.82 Å². The van der Waals surface area contributed by atoms with Gasteiger partial charge in [0, 0.05) is 39.2 Å². The van der Waals surface area contributed by atoms with Crippen LogP contribution in [0.4, 0.5) is 4.39 Å². The maximum atomic E-state index is 13.1. The minimum absolute atomic E-state index is 0.308. The van der Waals surface area contributed by atoms with Crippen LogP contribution in [-0.2, 0) is 9.53 Å². The third-order valence-corrected chi connectivity index (χ3v) is 4.51. The molecule has 0 aromatic heterocycles. The Morgan fingerprint density at radius 3 is 2.62 bits per heavy atom. The molecule has 0 bridgehead atoms. The third kappa shape index (κ3) is 5.52. The number of nitrogens with one attached hydrogen (secondary N) is 2. The van der Waals surface area contributed by atoms with Crippen LogP contribution in [0, 0.1) is 11.7 Å². The molecule has 1 aliphatic rings. The van der Waals surface area contributed by atoms with Gasteiger partial charge in [-0.1, -0.05) is 12.1 Å². The Morgan fingerprint density at radius 1 is 1.38 bits per heavy atom. The quantitative estimate of drug-likeness (QED) is 0.492. The normalized spacial score (nSPS) is 18.1. The van der Waals surface area contributed by atoms with Crippen molar-refractivity contribution in [2.75, 3.05) is 39.8 Å². The van der Waals surface area contributed by atoms with Crippen molar-refractivity contribution in [2.45, 2.75) is 18.9 Å². The number of carbonyl (C=O) groups is 1. The zero-order valence-corrected chi connectivity index (χ0v) is 14.0. The van der Waals surface area contributed by atoms with E-state index < -0.39 is 5.91 Å². The number of hydroxylamine groups is 1. The van der Waals surface area contributed by atoms with Crippen LogP contribution in [0.5, 0.6) is 0 Å². The fraction of sp³-hybridized carbons (Fsp3) is 0.588. The Kier molecular flexibility index (Phi) is 7.58. The molecule has 0 radical (unpaired) electrons. The van der Waals surface area contributed by atoms with Crippen LogP contribution >= 0.6 is 0 Å². The van der Waals surface area contributed by atoms with Gasteiger partial charge < -0.3 is 15.0 Å². The molecule has 0 unspecified atom stereocenters. The summed E-state index contributed by atoms with van der Waals surface area (Å²) in [6.45, 7) is 4.61. The van der Waals surface area contributed by atoms with Crippen LogP contribution in [0.2, 0.25) is 0 Å². The second-order valence-corrected chi connectivity index (χ2v) is 6.06. The number of rotatable bonds is 8. The molecular formula is C17H26FN3O3. The van der Waals surface area contributed by atoms with Crippen molar-refractivity contribution in [1.82, 2.24) is 15.7 Å². The lowest BCUT2D eigenvalue weighted by Crippen LogP contribution is -2.44. The lowest BCUT2D eigenvalue weighted by atomic mass is 9.93. The molecule has 3 N–H and O–H groups in total. The molecule has 0 saturated carbocycles. The van der Waals surface area contributed by atoms with Gasteiger partial charge in [0.15, 0.2) is 0 Å². The summed E-state index contributed by atoms with van der Waals surface area (Å²) >= 11 is 0. The maximum absolute atomic E-state index is 13.1. The van der Waals surface area contributed by atoms with Gasteiger partial charge in [0.05, 0.1) is 6.10 Å². The summed E-state index contributed by atoms with van der Waals surface area (Å²) in [6, 6.07) is 6.08. The largest absolute Gasteiger partial charge is 0.377 e. The van der Waals surface area contributed by atoms with Crippen molar-refractivity contribution in [3.05, 3.63) is 35.6 Å². The van der Waals surface area contributed by atoms with E-state index in [2.05, 4.69) is 10.2 Å². The van der Waals surface area contributed by atoms with Crippen LogP contribution in [0.15, 0.2) is 24.3 Å². The van der Waals surface area contributed by atoms with Gasteiger partial charge in [-0.25, -0.2) is 9.87 Å². The van der Waals surface area contributed by atoms with E-state index in [-0.39, 0.29) is 17.8 Å². The second-order valence-electron chi connectivity index (χ2n) is 6.06. The molecule has 1 aliphatic heterocycles. The third-order valence-electron chi connectivity index (χ3n) is 4.51. The zero-order chi connectivity index (χ0) is 17.4. The number of nitrogens with zero attached hydrogens (tertiary/aromatic N) is 1. The molecule has 24 heavy (non-hydrogen) atoms. The molecule has 7 heteroatoms. The van der Waals surface area contributed by atoms with Gasteiger partial charge in [0.25, 0.3) is 0 Å². The average Bonchev–Trinajstić information content (AvgIpc) is 2.63. The molecule has 0 spiro atoms. The summed E-state index contributed by atoms with van der Waals surface area (Å²) in [5.41, 5.74) is 2.57. The summed E-state index contributed by atoms with van der Waals surface area (Å²) < 4.78 is 18.6. The molecule has 2 atom stereocenters. The Bertz CT molecular complexity index is 506. The number of hydrogen-bond acceptors (Lipinski definition) is 5. The van der Waals surface area contributed by atoms with Crippen molar-refractivity contribution in [3.8, 4) is 0 Å². The van der Waals surface area contributed by atoms with Crippen molar-refractivity contribution in [1.29, 1.82) is 0 Å². The van der Waals surface area contributed by atoms with Crippen LogP contribution in [0.3, 0.4) is 0 Å². The Morgan fingerprint density at radius 2 is 2.04 bits per heavy atom. The first kappa shape index (κ1) is 18.8. The molecule has 1 fully saturated rings. The Hall–Kier alpha value is -1.54. The second kappa shape index (κ2) is 9.68. The van der Waals surface area contributed by atoms with Gasteiger partial charge in [0.2, 0.25) is 5.91 Å². The van der Waals surface area contributed by atoms with E-state index in [0.29, 0.717) is 12.8 Å². The van der Waals surface area contributed by atoms with Crippen molar-refractivity contribution in [2.24, 2.45) is 5.92 Å². The van der Waals surface area contributed by atoms with Crippen molar-refractivity contribution < 1.29 is 19.1 Å². The number of methoxy groups -OCH3 is 1. The van der Waals surface area contributed by atoms with Gasteiger partial charge in [-0.2, -0.15) is 0 Å². The minimum atomic E-state index is -0.408. The summed E-state index contributed by atoms with van der Waals surface area (Å²) in [5.74, 6) is -1.09. The maximum Gasteiger partial charge on any atom is 0.246 e. The predicted octanol–water partition coefficient (Wildman–Crippen LogP) is 1.32. The van der Waals surface area contributed by atoms with Gasteiger partial charge in [-0.05, 0) is 37.1 Å². The Balaban J connectivity index is 1.97. The Labute approximate surface area is 141 Å². The summed E-state index contributed by atoms with van der Waals surface area (Å²) in [7, 11) is 1.57. The summed E-state index contributed by atoms with van der Waals surface area (Å²) in [5, 5.41) is 12.3. The molecule has 0 aliphatic carbocycles. The first-order chi connectivity index (χ1) is 11.6. The van der Waals surface area contributed by atoms with E-state index in [1.165, 1.54) is 12.1 Å². The van der Waals surface area contributed by atoms with Crippen molar-refractivity contribution in [3.63, 3.8) is 0 Å². The lowest BCUT2D eigenvalue weighted by Gasteiger charge is -2.29. The lowest BCUT2D eigenvalue weighted by molar-refractivity contribution is -0.135. The number of piperazine rings is 1. The van der Waals surface area contributed by atoms with E-state index in [1.54, 1.807) is 24.7 Å². The molecule has 6 nitrogen and oxygen atoms in total. The first-order valence-corrected chi connectivity index (χ1v) is 8.29. The highest BCUT2D eigenvalue weighted by molar-refractivity contribution is 5.77. The number of hydrogen-bond donors (Lipinski definition) is 3. The fourth-order valence-electron chi connectivity index (χ4n) is 3.02. The highest BCUT2D eigenvalue weighted by Gasteiger charge is 2.25. The van der Waals surface area contributed by atoms with Gasteiger partial charge in [-0.3, -0.25) is 10.0 Å². The number of carbonyl (C=O) groups excluding carboxylic acids is 1. The number of ether oxygens (including phenoxy) is 1. The molecule has 2 rings (SSSR count). The van der Waals surface area contributed by atoms with E-state index in [9.17, 15) is 9.18 Å². The van der Waals surface area contributed by atoms with Crippen LogP contribution in [0.1, 0.15) is 24.5 Å². The molecule has 1 saturated heterocycles. The minimum Gasteiger partial charge on any atom is -0.377 e. The van der Waals surface area contributed by atoms with E-state index in [4.69, 9.17) is 9.94 Å². The fourth-order valence-corrected chi connectivity index (χ4v) is 3.02. The predicted molar refractivity (Wildman–Crippen MR) is 88.1 cm³/mol. The summed E-state index contributed by atoms with van der Waals surface area (Å²) in [6.07, 6.45) is 0.740. The molecule has 1 heterocycles. The molecule has 134 valence electrons. The van der Waals surface area contributed by atoms with Gasteiger partial charge >= 0.3 is 0 Å². The van der Waals surface area contributed by atoms with E-state index >= 15 is 0 Å². The first-order valence-electron chi connectivity index (χ1n) is 8.29. The van der Waals surface area contributed by atoms with Crippen LogP contribution < -0.4 is 10.8 Å². The molecule has 1 amide bonds. The van der Waals surface area contributed by atoms with E-state index in [0.717, 1.165) is 38.3 Å². The van der Waals surface area contributed by atoms with Crippen LogP contribution in [-0.4, -0.2) is 55.8 Å². The molecule has 1 aromatic carbocycles.